The molecule has 0 radical (unpaired) electrons. The number of hydrogen-bond donors (Lipinski definition) is 2. The Balaban J connectivity index is 1.56. The summed E-state index contributed by atoms with van der Waals surface area (Å²) in [5, 5.41) is 6.06. The highest BCUT2D eigenvalue weighted by Gasteiger charge is 2.24. The number of carbonyl (C=O) groups excluding carboxylic acids is 2. The van der Waals surface area contributed by atoms with Crippen molar-refractivity contribution in [1.29, 1.82) is 0 Å². The summed E-state index contributed by atoms with van der Waals surface area (Å²) in [6, 6.07) is 9.70. The van der Waals surface area contributed by atoms with Crippen LogP contribution in [0.5, 0.6) is 0 Å². The summed E-state index contributed by atoms with van der Waals surface area (Å²) in [5.74, 6) is 0. The topological polar surface area (TPSA) is 83.6 Å². The predicted molar refractivity (Wildman–Crippen MR) is 95.6 cm³/mol. The molecule has 2 aromatic rings. The fraction of sp³-hybridized carbons (Fsp3) is 0.353. The first-order valence-corrected chi connectivity index (χ1v) is 8.96. The molecule has 25 heavy (non-hydrogen) atoms. The zero-order valence-electron chi connectivity index (χ0n) is 13.9. The zero-order valence-corrected chi connectivity index (χ0v) is 14.8. The van der Waals surface area contributed by atoms with Gasteiger partial charge in [0.15, 0.2) is 5.13 Å². The maximum absolute atomic E-state index is 12.4. The fourth-order valence-electron chi connectivity index (χ4n) is 2.56. The van der Waals surface area contributed by atoms with Crippen LogP contribution in [0.25, 0.3) is 0 Å². The second-order valence-electron chi connectivity index (χ2n) is 5.55. The predicted octanol–water partition coefficient (Wildman–Crippen LogP) is 2.98. The van der Waals surface area contributed by atoms with Gasteiger partial charge in [-0.05, 0) is 12.5 Å². The van der Waals surface area contributed by atoms with Gasteiger partial charge in [-0.2, -0.15) is 0 Å². The van der Waals surface area contributed by atoms with Gasteiger partial charge in [-0.3, -0.25) is 5.32 Å². The van der Waals surface area contributed by atoms with Crippen LogP contribution in [-0.2, 0) is 24.2 Å². The highest BCUT2D eigenvalue weighted by Crippen LogP contribution is 2.28. The molecule has 0 atom stereocenters. The van der Waals surface area contributed by atoms with Gasteiger partial charge in [0, 0.05) is 24.4 Å². The van der Waals surface area contributed by atoms with E-state index in [0.717, 1.165) is 16.1 Å². The van der Waals surface area contributed by atoms with E-state index in [-0.39, 0.29) is 6.03 Å². The highest BCUT2D eigenvalue weighted by molar-refractivity contribution is 7.15. The van der Waals surface area contributed by atoms with Crippen LogP contribution in [0.4, 0.5) is 14.7 Å². The normalized spacial score (nSPS) is 13.1. The average molecular weight is 360 g/mol. The number of aromatic nitrogens is 1. The van der Waals surface area contributed by atoms with Gasteiger partial charge < -0.3 is 15.0 Å². The molecule has 0 spiro atoms. The van der Waals surface area contributed by atoms with Gasteiger partial charge in [-0.15, -0.1) is 0 Å². The standard InChI is InChI=1S/C17H20N4O3S/c1-2-24-17(23)20-15-19-13-8-9-21(11-14(13)25-15)16(22)18-10-12-6-4-3-5-7-12/h3-7H,2,8-11H2,1H3,(H,18,22)(H,19,20,23). The van der Waals surface area contributed by atoms with Gasteiger partial charge in [0.2, 0.25) is 0 Å². The fourth-order valence-corrected chi connectivity index (χ4v) is 3.57. The Morgan fingerprint density at radius 2 is 2.12 bits per heavy atom. The Bertz CT molecular complexity index is 748. The van der Waals surface area contributed by atoms with Gasteiger partial charge in [0.25, 0.3) is 0 Å². The number of ether oxygens (including phenoxy) is 1. The van der Waals surface area contributed by atoms with Crippen LogP contribution in [0.2, 0.25) is 0 Å². The molecule has 2 heterocycles. The van der Waals surface area contributed by atoms with E-state index in [9.17, 15) is 9.59 Å². The molecule has 0 saturated heterocycles. The lowest BCUT2D eigenvalue weighted by Gasteiger charge is -2.26. The molecule has 3 rings (SSSR count). The minimum absolute atomic E-state index is 0.0946. The number of carbonyl (C=O) groups is 2. The average Bonchev–Trinajstić information content (AvgIpc) is 3.02. The summed E-state index contributed by atoms with van der Waals surface area (Å²) < 4.78 is 4.85. The van der Waals surface area contributed by atoms with Crippen LogP contribution in [-0.4, -0.2) is 35.2 Å². The van der Waals surface area contributed by atoms with Gasteiger partial charge in [-0.25, -0.2) is 14.6 Å². The van der Waals surface area contributed by atoms with E-state index in [1.54, 1.807) is 11.8 Å². The Morgan fingerprint density at radius 3 is 2.88 bits per heavy atom. The monoisotopic (exact) mass is 360 g/mol. The summed E-state index contributed by atoms with van der Waals surface area (Å²) in [4.78, 5) is 31.0. The van der Waals surface area contributed by atoms with Crippen LogP contribution in [0, 0.1) is 0 Å². The largest absolute Gasteiger partial charge is 0.450 e. The molecule has 1 aliphatic rings. The second kappa shape index (κ2) is 7.98. The molecular weight excluding hydrogens is 340 g/mol. The van der Waals surface area contributed by atoms with Crippen LogP contribution in [0.1, 0.15) is 23.1 Å². The van der Waals surface area contributed by atoms with Crippen molar-refractivity contribution < 1.29 is 14.3 Å². The van der Waals surface area contributed by atoms with E-state index in [0.29, 0.717) is 37.8 Å². The molecule has 7 nitrogen and oxygen atoms in total. The van der Waals surface area contributed by atoms with Crippen molar-refractivity contribution in [2.45, 2.75) is 26.4 Å². The lowest BCUT2D eigenvalue weighted by molar-refractivity contribution is 0.168. The molecular formula is C17H20N4O3S. The second-order valence-corrected chi connectivity index (χ2v) is 6.63. The maximum atomic E-state index is 12.4. The van der Waals surface area contributed by atoms with Gasteiger partial charge in [0.05, 0.1) is 18.8 Å². The first kappa shape index (κ1) is 17.2. The number of thiazole rings is 1. The third kappa shape index (κ3) is 4.48. The van der Waals surface area contributed by atoms with Gasteiger partial charge in [-0.1, -0.05) is 41.7 Å². The van der Waals surface area contributed by atoms with Crippen LogP contribution in [0.15, 0.2) is 30.3 Å². The van der Waals surface area contributed by atoms with Crippen molar-refractivity contribution in [1.82, 2.24) is 15.2 Å². The Labute approximate surface area is 150 Å². The number of nitrogens with zero attached hydrogens (tertiary/aromatic N) is 2. The number of benzene rings is 1. The number of hydrogen-bond acceptors (Lipinski definition) is 5. The van der Waals surface area contributed by atoms with Gasteiger partial charge >= 0.3 is 12.1 Å². The first-order chi connectivity index (χ1) is 12.2. The van der Waals surface area contributed by atoms with Crippen LogP contribution >= 0.6 is 11.3 Å². The minimum atomic E-state index is -0.508. The summed E-state index contributed by atoms with van der Waals surface area (Å²) in [6.07, 6.45) is 0.167. The SMILES string of the molecule is CCOC(=O)Nc1nc2c(s1)CN(C(=O)NCc1ccccc1)CC2. The lowest BCUT2D eigenvalue weighted by Crippen LogP contribution is -2.42. The Hall–Kier alpha value is -2.61. The third-order valence-corrected chi connectivity index (χ3v) is 4.79. The minimum Gasteiger partial charge on any atom is -0.450 e. The van der Waals surface area contributed by atoms with E-state index in [4.69, 9.17) is 4.74 Å². The number of amides is 3. The summed E-state index contributed by atoms with van der Waals surface area (Å²) >= 11 is 1.38. The van der Waals surface area contributed by atoms with Crippen molar-refractivity contribution in [2.75, 3.05) is 18.5 Å². The van der Waals surface area contributed by atoms with E-state index in [1.807, 2.05) is 30.3 Å². The molecule has 1 aromatic heterocycles. The molecule has 0 unspecified atom stereocenters. The number of anilines is 1. The number of rotatable bonds is 4. The molecule has 1 aliphatic heterocycles. The molecule has 0 fully saturated rings. The van der Waals surface area contributed by atoms with Crippen LogP contribution < -0.4 is 10.6 Å². The van der Waals surface area contributed by atoms with E-state index in [1.165, 1.54) is 11.3 Å². The van der Waals surface area contributed by atoms with E-state index < -0.39 is 6.09 Å². The lowest BCUT2D eigenvalue weighted by atomic mass is 10.2. The highest BCUT2D eigenvalue weighted by atomic mass is 32.1. The molecule has 0 aliphatic carbocycles. The maximum Gasteiger partial charge on any atom is 0.413 e. The molecule has 132 valence electrons. The van der Waals surface area contributed by atoms with E-state index >= 15 is 0 Å². The van der Waals surface area contributed by atoms with Crippen molar-refractivity contribution in [3.05, 3.63) is 46.5 Å². The van der Waals surface area contributed by atoms with Crippen LogP contribution in [0.3, 0.4) is 0 Å². The Kier molecular flexibility index (Phi) is 5.49. The molecule has 0 saturated carbocycles. The van der Waals surface area contributed by atoms with Gasteiger partial charge in [0.1, 0.15) is 0 Å². The molecule has 3 amide bonds. The quantitative estimate of drug-likeness (QED) is 0.878. The number of fused-ring (bicyclic) bond motifs is 1. The molecule has 1 aromatic carbocycles. The van der Waals surface area contributed by atoms with Crippen molar-refractivity contribution in [3.63, 3.8) is 0 Å². The van der Waals surface area contributed by atoms with Crippen molar-refractivity contribution in [2.24, 2.45) is 0 Å². The summed E-state index contributed by atoms with van der Waals surface area (Å²) in [7, 11) is 0. The number of urea groups is 1. The molecule has 0 bridgehead atoms. The smallest absolute Gasteiger partial charge is 0.413 e. The van der Waals surface area contributed by atoms with Crippen molar-refractivity contribution >= 4 is 28.6 Å². The van der Waals surface area contributed by atoms with E-state index in [2.05, 4.69) is 15.6 Å². The molecule has 8 heteroatoms. The zero-order chi connectivity index (χ0) is 17.6. The molecule has 2 N–H and O–H groups in total. The first-order valence-electron chi connectivity index (χ1n) is 8.14. The van der Waals surface area contributed by atoms with Crippen molar-refractivity contribution in [3.8, 4) is 0 Å². The third-order valence-electron chi connectivity index (χ3n) is 3.79. The summed E-state index contributed by atoms with van der Waals surface area (Å²) in [5.41, 5.74) is 2.00. The summed E-state index contributed by atoms with van der Waals surface area (Å²) in [6.45, 7) is 3.67. The number of nitrogens with one attached hydrogen (secondary N) is 2. The Morgan fingerprint density at radius 1 is 1.32 bits per heavy atom.